The van der Waals surface area contributed by atoms with Gasteiger partial charge in [0.05, 0.1) is 14.2 Å². The zero-order valence-electron chi connectivity index (χ0n) is 17.2. The molecule has 1 saturated carbocycles. The minimum atomic E-state index is -1.26. The molecule has 0 aliphatic heterocycles. The first-order valence-electron chi connectivity index (χ1n) is 9.84. The Kier molecular flexibility index (Phi) is 8.05. The number of carbonyl (C=O) groups is 2. The number of thioether (sulfide) groups is 2. The van der Waals surface area contributed by atoms with Crippen molar-refractivity contribution in [2.24, 2.45) is 11.3 Å². The Balaban J connectivity index is 1.85. The summed E-state index contributed by atoms with van der Waals surface area (Å²) in [6, 6.07) is 20.3. The molecule has 1 fully saturated rings. The fourth-order valence-corrected chi connectivity index (χ4v) is 5.70. The van der Waals surface area contributed by atoms with Gasteiger partial charge in [-0.1, -0.05) is 53.7 Å². The molecule has 1 aliphatic rings. The molecule has 6 heteroatoms. The number of hydrogen-bond acceptors (Lipinski definition) is 6. The van der Waals surface area contributed by atoms with Gasteiger partial charge in [0.15, 0.2) is 5.41 Å². The molecule has 158 valence electrons. The van der Waals surface area contributed by atoms with Crippen LogP contribution in [0.15, 0.2) is 81.4 Å². The smallest absolute Gasteiger partial charge is 0.323 e. The molecule has 0 bridgehead atoms. The molecule has 0 heterocycles. The molecule has 2 aromatic carbocycles. The number of benzene rings is 2. The SMILES string of the molecule is COC(=O)C1(C(=O)OC)CCC(CSc2ccccc2)/C(=C/Sc2ccccc2)C1. The summed E-state index contributed by atoms with van der Waals surface area (Å²) >= 11 is 3.41. The van der Waals surface area contributed by atoms with Crippen LogP contribution in [0.25, 0.3) is 0 Å². The van der Waals surface area contributed by atoms with Crippen molar-refractivity contribution in [3.05, 3.63) is 71.6 Å². The van der Waals surface area contributed by atoms with Crippen molar-refractivity contribution in [2.45, 2.75) is 29.1 Å². The van der Waals surface area contributed by atoms with Gasteiger partial charge in [-0.15, -0.1) is 11.8 Å². The van der Waals surface area contributed by atoms with E-state index in [0.717, 1.165) is 22.6 Å². The third-order valence-electron chi connectivity index (χ3n) is 5.39. The molecule has 0 radical (unpaired) electrons. The first-order chi connectivity index (χ1) is 14.6. The number of carbonyl (C=O) groups excluding carboxylic acids is 2. The van der Waals surface area contributed by atoms with Gasteiger partial charge in [0, 0.05) is 15.5 Å². The van der Waals surface area contributed by atoms with Gasteiger partial charge in [-0.2, -0.15) is 0 Å². The second-order valence-electron chi connectivity index (χ2n) is 7.23. The van der Waals surface area contributed by atoms with Crippen molar-refractivity contribution in [3.63, 3.8) is 0 Å². The Hall–Kier alpha value is -2.18. The Morgan fingerprint density at radius 2 is 1.53 bits per heavy atom. The van der Waals surface area contributed by atoms with Crippen LogP contribution < -0.4 is 0 Å². The van der Waals surface area contributed by atoms with E-state index >= 15 is 0 Å². The number of esters is 2. The zero-order chi connectivity index (χ0) is 21.4. The van der Waals surface area contributed by atoms with Crippen LogP contribution in [0.4, 0.5) is 0 Å². The summed E-state index contributed by atoms with van der Waals surface area (Å²) in [6.07, 6.45) is 1.48. The van der Waals surface area contributed by atoms with Crippen LogP contribution in [0.5, 0.6) is 0 Å². The molecule has 1 aliphatic carbocycles. The van der Waals surface area contributed by atoms with E-state index in [1.54, 1.807) is 23.5 Å². The molecule has 0 saturated heterocycles. The molecular weight excluding hydrogens is 416 g/mol. The van der Waals surface area contributed by atoms with Crippen LogP contribution in [0.1, 0.15) is 19.3 Å². The Bertz CT molecular complexity index is 865. The maximum atomic E-state index is 12.6. The van der Waals surface area contributed by atoms with Crippen molar-refractivity contribution in [3.8, 4) is 0 Å². The Labute approximate surface area is 186 Å². The summed E-state index contributed by atoms with van der Waals surface area (Å²) in [5.74, 6) is 0.135. The third-order valence-corrected chi connectivity index (χ3v) is 7.53. The molecule has 30 heavy (non-hydrogen) atoms. The number of hydrogen-bond donors (Lipinski definition) is 0. The average Bonchev–Trinajstić information content (AvgIpc) is 2.81. The summed E-state index contributed by atoms with van der Waals surface area (Å²) < 4.78 is 10.0. The standard InChI is InChI=1S/C24H26O4S2/c1-27-22(25)24(23(26)28-2)14-13-18(16-29-20-9-5-3-6-10-20)19(15-24)17-30-21-11-7-4-8-12-21/h3-12,17-18H,13-16H2,1-2H3/b19-17+. The predicted molar refractivity (Wildman–Crippen MR) is 121 cm³/mol. The largest absolute Gasteiger partial charge is 0.468 e. The first-order valence-corrected chi connectivity index (χ1v) is 11.7. The van der Waals surface area contributed by atoms with Crippen LogP contribution in [-0.2, 0) is 19.1 Å². The minimum absolute atomic E-state index is 0.272. The molecule has 0 amide bonds. The fourth-order valence-electron chi connectivity index (χ4n) is 3.69. The molecule has 0 spiro atoms. The quantitative estimate of drug-likeness (QED) is 0.317. The predicted octanol–water partition coefficient (Wildman–Crippen LogP) is 5.59. The topological polar surface area (TPSA) is 52.6 Å². The van der Waals surface area contributed by atoms with Crippen molar-refractivity contribution in [2.75, 3.05) is 20.0 Å². The lowest BCUT2D eigenvalue weighted by Crippen LogP contribution is -2.45. The fraction of sp³-hybridized carbons (Fsp3) is 0.333. The van der Waals surface area contributed by atoms with Crippen molar-refractivity contribution in [1.29, 1.82) is 0 Å². The molecule has 0 N–H and O–H groups in total. The first kappa shape index (κ1) is 22.5. The van der Waals surface area contributed by atoms with Gasteiger partial charge in [-0.25, -0.2) is 0 Å². The molecule has 4 nitrogen and oxygen atoms in total. The van der Waals surface area contributed by atoms with E-state index in [0.29, 0.717) is 12.8 Å². The molecule has 1 atom stereocenters. The van der Waals surface area contributed by atoms with Gasteiger partial charge in [0.1, 0.15) is 0 Å². The highest BCUT2D eigenvalue weighted by atomic mass is 32.2. The van der Waals surface area contributed by atoms with Crippen LogP contribution in [0, 0.1) is 11.3 Å². The van der Waals surface area contributed by atoms with Gasteiger partial charge in [-0.05, 0) is 54.9 Å². The van der Waals surface area contributed by atoms with E-state index in [1.807, 2.05) is 48.5 Å². The van der Waals surface area contributed by atoms with Gasteiger partial charge >= 0.3 is 11.9 Å². The van der Waals surface area contributed by atoms with E-state index in [9.17, 15) is 9.59 Å². The van der Waals surface area contributed by atoms with Gasteiger partial charge in [-0.3, -0.25) is 9.59 Å². The van der Waals surface area contributed by atoms with Crippen LogP contribution >= 0.6 is 23.5 Å². The van der Waals surface area contributed by atoms with Gasteiger partial charge in [0.25, 0.3) is 0 Å². The third kappa shape index (κ3) is 5.29. The molecule has 0 aromatic heterocycles. The van der Waals surface area contributed by atoms with E-state index in [2.05, 4.69) is 17.5 Å². The lowest BCUT2D eigenvalue weighted by atomic mass is 9.68. The maximum Gasteiger partial charge on any atom is 0.323 e. The monoisotopic (exact) mass is 442 g/mol. The van der Waals surface area contributed by atoms with Gasteiger partial charge in [0.2, 0.25) is 0 Å². The second-order valence-corrected chi connectivity index (χ2v) is 9.26. The van der Waals surface area contributed by atoms with E-state index in [1.165, 1.54) is 19.1 Å². The minimum Gasteiger partial charge on any atom is -0.468 e. The van der Waals surface area contributed by atoms with Crippen LogP contribution in [0.2, 0.25) is 0 Å². The molecule has 1 unspecified atom stereocenters. The Morgan fingerprint density at radius 3 is 2.10 bits per heavy atom. The number of rotatable bonds is 7. The maximum absolute atomic E-state index is 12.6. The van der Waals surface area contributed by atoms with E-state index in [4.69, 9.17) is 9.47 Å². The number of allylic oxidation sites excluding steroid dienone is 1. The lowest BCUT2D eigenvalue weighted by molar-refractivity contribution is -0.171. The van der Waals surface area contributed by atoms with Crippen molar-refractivity contribution < 1.29 is 19.1 Å². The van der Waals surface area contributed by atoms with Crippen molar-refractivity contribution >= 4 is 35.5 Å². The lowest BCUT2D eigenvalue weighted by Gasteiger charge is -2.37. The summed E-state index contributed by atoms with van der Waals surface area (Å²) in [4.78, 5) is 27.6. The van der Waals surface area contributed by atoms with E-state index < -0.39 is 17.4 Å². The summed E-state index contributed by atoms with van der Waals surface area (Å²) in [6.45, 7) is 0. The zero-order valence-corrected chi connectivity index (χ0v) is 18.8. The Morgan fingerprint density at radius 1 is 0.967 bits per heavy atom. The highest BCUT2D eigenvalue weighted by Crippen LogP contribution is 2.46. The second kappa shape index (κ2) is 10.7. The summed E-state index contributed by atoms with van der Waals surface area (Å²) in [5, 5.41) is 2.10. The highest BCUT2D eigenvalue weighted by molar-refractivity contribution is 8.02. The van der Waals surface area contributed by atoms with Crippen LogP contribution in [0.3, 0.4) is 0 Å². The number of ether oxygens (including phenoxy) is 2. The molecule has 3 rings (SSSR count). The van der Waals surface area contributed by atoms with Gasteiger partial charge < -0.3 is 9.47 Å². The number of methoxy groups -OCH3 is 2. The van der Waals surface area contributed by atoms with E-state index in [-0.39, 0.29) is 5.92 Å². The highest BCUT2D eigenvalue weighted by Gasteiger charge is 2.51. The normalized spacial score (nSPS) is 19.3. The average molecular weight is 443 g/mol. The molecular formula is C24H26O4S2. The summed E-state index contributed by atoms with van der Waals surface area (Å²) in [5.41, 5.74) is -0.171. The molecule has 2 aromatic rings. The van der Waals surface area contributed by atoms with Crippen molar-refractivity contribution in [1.82, 2.24) is 0 Å². The van der Waals surface area contributed by atoms with Crippen LogP contribution in [-0.4, -0.2) is 31.9 Å². The summed E-state index contributed by atoms with van der Waals surface area (Å²) in [7, 11) is 2.65.